The fraction of sp³-hybridized carbons (Fsp3) is 0.846. The van der Waals surface area contributed by atoms with Crippen LogP contribution in [-0.4, -0.2) is 30.3 Å². The summed E-state index contributed by atoms with van der Waals surface area (Å²) in [7, 11) is 0. The highest BCUT2D eigenvalue weighted by molar-refractivity contribution is 5.12. The molecule has 1 aliphatic rings. The third-order valence-corrected chi connectivity index (χ3v) is 3.39. The van der Waals surface area contributed by atoms with Crippen molar-refractivity contribution in [3.8, 4) is 11.8 Å². The molecule has 0 spiro atoms. The van der Waals surface area contributed by atoms with Gasteiger partial charge in [0.1, 0.15) is 12.1 Å². The molecule has 1 aliphatic heterocycles. The van der Waals surface area contributed by atoms with Crippen LogP contribution >= 0.6 is 0 Å². The van der Waals surface area contributed by atoms with Gasteiger partial charge >= 0.3 is 0 Å². The molecule has 86 valence electrons. The summed E-state index contributed by atoms with van der Waals surface area (Å²) in [4.78, 5) is 1.59. The minimum atomic E-state index is -0.741. The summed E-state index contributed by atoms with van der Waals surface area (Å²) >= 11 is 0. The van der Waals surface area contributed by atoms with E-state index in [0.29, 0.717) is 0 Å². The first kappa shape index (κ1) is 12.5. The molecule has 0 bridgehead atoms. The van der Waals surface area contributed by atoms with Crippen molar-refractivity contribution in [3.63, 3.8) is 0 Å². The van der Waals surface area contributed by atoms with Gasteiger partial charge in [0, 0.05) is 0 Å². The van der Waals surface area contributed by atoms with Gasteiger partial charge in [0.05, 0.1) is 13.1 Å². The molecule has 0 amide bonds. The lowest BCUT2D eigenvalue weighted by Gasteiger charge is -2.21. The Bertz CT molecular complexity index is 229. The van der Waals surface area contributed by atoms with E-state index >= 15 is 0 Å². The fourth-order valence-corrected chi connectivity index (χ4v) is 1.99. The van der Waals surface area contributed by atoms with Gasteiger partial charge in [-0.05, 0) is 38.0 Å². The van der Waals surface area contributed by atoms with E-state index in [2.05, 4.69) is 11.8 Å². The maximum Gasteiger partial charge on any atom is 0.139 e. The Labute approximate surface area is 93.7 Å². The Hall–Kier alpha value is -0.520. The van der Waals surface area contributed by atoms with Gasteiger partial charge in [-0.1, -0.05) is 19.8 Å². The molecule has 1 saturated heterocycles. The number of nitrogens with one attached hydrogen (secondary N) is 1. The van der Waals surface area contributed by atoms with E-state index in [9.17, 15) is 5.11 Å². The smallest absolute Gasteiger partial charge is 0.139 e. The minimum absolute atomic E-state index is 0.728. The van der Waals surface area contributed by atoms with E-state index in [0.717, 1.165) is 19.4 Å². The molecule has 2 N–H and O–H groups in total. The Morgan fingerprint density at radius 2 is 1.73 bits per heavy atom. The van der Waals surface area contributed by atoms with Crippen LogP contribution in [0.15, 0.2) is 0 Å². The van der Waals surface area contributed by atoms with Gasteiger partial charge in [-0.2, -0.15) is 0 Å². The zero-order valence-electron chi connectivity index (χ0n) is 10.1. The van der Waals surface area contributed by atoms with Gasteiger partial charge in [-0.15, -0.1) is 0 Å². The third-order valence-electron chi connectivity index (χ3n) is 3.39. The van der Waals surface area contributed by atoms with Gasteiger partial charge in [-0.3, -0.25) is 0 Å². The molecule has 1 fully saturated rings. The SMILES string of the molecule is CCC(O)(C#CC[NH+]1CCCCC1)CC. The van der Waals surface area contributed by atoms with Crippen LogP contribution in [0.5, 0.6) is 0 Å². The van der Waals surface area contributed by atoms with Crippen LogP contribution < -0.4 is 4.90 Å². The number of aliphatic hydroxyl groups is 1. The van der Waals surface area contributed by atoms with Gasteiger partial charge in [0.15, 0.2) is 0 Å². The lowest BCUT2D eigenvalue weighted by molar-refractivity contribution is -0.897. The first-order valence-corrected chi connectivity index (χ1v) is 6.26. The second kappa shape index (κ2) is 6.15. The molecule has 0 aliphatic carbocycles. The van der Waals surface area contributed by atoms with Crippen molar-refractivity contribution in [1.82, 2.24) is 0 Å². The summed E-state index contributed by atoms with van der Waals surface area (Å²) in [5.41, 5.74) is -0.741. The van der Waals surface area contributed by atoms with Crippen LogP contribution in [0.2, 0.25) is 0 Å². The van der Waals surface area contributed by atoms with Crippen molar-refractivity contribution in [3.05, 3.63) is 0 Å². The van der Waals surface area contributed by atoms with Gasteiger partial charge in [0.25, 0.3) is 0 Å². The first-order chi connectivity index (χ1) is 7.20. The maximum atomic E-state index is 9.98. The van der Waals surface area contributed by atoms with E-state index in [-0.39, 0.29) is 0 Å². The summed E-state index contributed by atoms with van der Waals surface area (Å²) in [6, 6.07) is 0. The van der Waals surface area contributed by atoms with Crippen LogP contribution in [0.4, 0.5) is 0 Å². The van der Waals surface area contributed by atoms with E-state index in [1.165, 1.54) is 32.4 Å². The van der Waals surface area contributed by atoms with Gasteiger partial charge < -0.3 is 10.0 Å². The summed E-state index contributed by atoms with van der Waals surface area (Å²) < 4.78 is 0. The van der Waals surface area contributed by atoms with Crippen LogP contribution in [0.1, 0.15) is 46.0 Å². The Morgan fingerprint density at radius 1 is 1.13 bits per heavy atom. The molecule has 0 radical (unpaired) electrons. The number of quaternary nitrogens is 1. The van der Waals surface area contributed by atoms with Crippen LogP contribution in [0.25, 0.3) is 0 Å². The number of likely N-dealkylation sites (tertiary alicyclic amines) is 1. The predicted molar refractivity (Wildman–Crippen MR) is 62.7 cm³/mol. The van der Waals surface area contributed by atoms with Crippen LogP contribution in [0.3, 0.4) is 0 Å². The molecule has 15 heavy (non-hydrogen) atoms. The summed E-state index contributed by atoms with van der Waals surface area (Å²) in [6.45, 7) is 7.40. The normalized spacial score (nSPS) is 18.3. The Morgan fingerprint density at radius 3 is 2.27 bits per heavy atom. The van der Waals surface area contributed by atoms with Crippen LogP contribution in [0, 0.1) is 11.8 Å². The summed E-state index contributed by atoms with van der Waals surface area (Å²) in [5, 5.41) is 9.98. The Kier molecular flexibility index (Phi) is 5.14. The molecule has 1 rings (SSSR count). The van der Waals surface area contributed by atoms with Crippen molar-refractivity contribution in [2.45, 2.75) is 51.6 Å². The lowest BCUT2D eigenvalue weighted by Crippen LogP contribution is -3.12. The first-order valence-electron chi connectivity index (χ1n) is 6.26. The van der Waals surface area contributed by atoms with E-state index in [1.807, 2.05) is 13.8 Å². The van der Waals surface area contributed by atoms with Crippen molar-refractivity contribution < 1.29 is 10.0 Å². The van der Waals surface area contributed by atoms with E-state index in [1.54, 1.807) is 4.90 Å². The highest BCUT2D eigenvalue weighted by Crippen LogP contribution is 2.12. The van der Waals surface area contributed by atoms with Crippen molar-refractivity contribution in [2.24, 2.45) is 0 Å². The summed E-state index contributed by atoms with van der Waals surface area (Å²) in [5.74, 6) is 6.19. The quantitative estimate of drug-likeness (QED) is 0.656. The standard InChI is InChI=1S/C13H23NO/c1-3-13(15,4-2)9-8-12-14-10-6-5-7-11-14/h15H,3-7,10-12H2,1-2H3/p+1. The average Bonchev–Trinajstić information content (AvgIpc) is 2.30. The number of hydrogen-bond acceptors (Lipinski definition) is 1. The summed E-state index contributed by atoms with van der Waals surface area (Å²) in [6.07, 6.45) is 5.51. The molecule has 0 atom stereocenters. The average molecular weight is 210 g/mol. The van der Waals surface area contributed by atoms with Gasteiger partial charge in [0.2, 0.25) is 0 Å². The molecule has 2 heteroatoms. The topological polar surface area (TPSA) is 24.7 Å². The zero-order chi connectivity index (χ0) is 11.1. The van der Waals surface area contributed by atoms with Crippen LogP contribution in [-0.2, 0) is 0 Å². The van der Waals surface area contributed by atoms with Gasteiger partial charge in [-0.25, -0.2) is 0 Å². The predicted octanol–water partition coefficient (Wildman–Crippen LogP) is 0.610. The van der Waals surface area contributed by atoms with E-state index < -0.39 is 5.60 Å². The zero-order valence-corrected chi connectivity index (χ0v) is 10.1. The second-order valence-electron chi connectivity index (χ2n) is 4.53. The van der Waals surface area contributed by atoms with E-state index in [4.69, 9.17) is 0 Å². The highest BCUT2D eigenvalue weighted by Gasteiger charge is 2.18. The molecule has 0 aromatic rings. The molecule has 0 aromatic carbocycles. The molecule has 2 nitrogen and oxygen atoms in total. The second-order valence-corrected chi connectivity index (χ2v) is 4.53. The highest BCUT2D eigenvalue weighted by atomic mass is 16.3. The number of piperidine rings is 1. The molecular formula is C13H24NO+. The molecular weight excluding hydrogens is 186 g/mol. The largest absolute Gasteiger partial charge is 0.378 e. The molecule has 0 saturated carbocycles. The maximum absolute atomic E-state index is 9.98. The molecule has 0 unspecified atom stereocenters. The monoisotopic (exact) mass is 210 g/mol. The van der Waals surface area contributed by atoms with Crippen molar-refractivity contribution >= 4 is 0 Å². The Balaban J connectivity index is 2.36. The fourth-order valence-electron chi connectivity index (χ4n) is 1.99. The lowest BCUT2D eigenvalue weighted by atomic mass is 9.98. The van der Waals surface area contributed by atoms with Crippen molar-refractivity contribution in [2.75, 3.05) is 19.6 Å². The van der Waals surface area contributed by atoms with Crippen molar-refractivity contribution in [1.29, 1.82) is 0 Å². The molecule has 1 heterocycles. The number of rotatable bonds is 3. The number of hydrogen-bond donors (Lipinski definition) is 2. The molecule has 0 aromatic heterocycles. The third kappa shape index (κ3) is 4.24. The minimum Gasteiger partial charge on any atom is -0.378 e.